The van der Waals surface area contributed by atoms with Gasteiger partial charge in [0.1, 0.15) is 13.2 Å². The number of aliphatic hydroxyl groups excluding tert-OH is 1. The number of alkyl halides is 3. The summed E-state index contributed by atoms with van der Waals surface area (Å²) in [6.07, 6.45) is -1.53. The van der Waals surface area contributed by atoms with Crippen molar-refractivity contribution in [2.24, 2.45) is 0 Å². The molecule has 1 amide bonds. The molecule has 1 saturated heterocycles. The molecule has 1 saturated carbocycles. The zero-order valence-corrected chi connectivity index (χ0v) is 20.1. The summed E-state index contributed by atoms with van der Waals surface area (Å²) in [7, 11) is -1.35. The number of carbonyl (C=O) groups excluding carboxylic acids is 1. The fourth-order valence-corrected chi connectivity index (χ4v) is 5.87. The number of aromatic nitrogens is 1. The third-order valence-electron chi connectivity index (χ3n) is 6.81. The lowest BCUT2D eigenvalue weighted by Gasteiger charge is -2.34. The highest BCUT2D eigenvalue weighted by Gasteiger charge is 2.45. The summed E-state index contributed by atoms with van der Waals surface area (Å²) in [4.78, 5) is 18.5. The van der Waals surface area contributed by atoms with Crippen molar-refractivity contribution in [3.63, 3.8) is 0 Å². The molecule has 1 aliphatic carbocycles. The van der Waals surface area contributed by atoms with Crippen LogP contribution in [0.15, 0.2) is 12.1 Å². The van der Waals surface area contributed by atoms with Gasteiger partial charge in [0.05, 0.1) is 53.6 Å². The van der Waals surface area contributed by atoms with E-state index in [2.05, 4.69) is 9.71 Å². The lowest BCUT2D eigenvalue weighted by atomic mass is 9.83. The number of pyridine rings is 1. The molecule has 2 fully saturated rings. The van der Waals surface area contributed by atoms with Crippen LogP contribution in [0, 0.1) is 0 Å². The molecule has 4 aliphatic rings. The molecule has 9 nitrogen and oxygen atoms in total. The number of nitrogens with zero attached hydrogens (tertiary/aromatic N) is 2. The molecule has 3 aliphatic heterocycles. The van der Waals surface area contributed by atoms with Gasteiger partial charge in [0, 0.05) is 24.3 Å². The Morgan fingerprint density at radius 1 is 1.20 bits per heavy atom. The van der Waals surface area contributed by atoms with E-state index < -0.39 is 40.9 Å². The largest absolute Gasteiger partial charge is 0.474 e. The quantitative estimate of drug-likeness (QED) is 0.629. The highest BCUT2D eigenvalue weighted by atomic mass is 32.2. The van der Waals surface area contributed by atoms with Crippen molar-refractivity contribution in [2.75, 3.05) is 32.7 Å². The molecule has 3 unspecified atom stereocenters. The summed E-state index contributed by atoms with van der Waals surface area (Å²) < 4.78 is 72.6. The second-order valence-corrected chi connectivity index (χ2v) is 10.2. The normalized spacial score (nSPS) is 30.9. The standard InChI is InChI=1S/C22H30F3N3O6S/c1-35(31)27-17-10-14(11-29)28-18(17)12-34-15-4-2-13(3-5-15)20-16(22(23,24)25)6-7-19(26-20)32-8-9-33-21(28)30/h6-7,13-15,17-18,27,29H,2-5,8-12H2,1H3/t13?,14?,15?,17-,18?,35?/m0/s1. The minimum Gasteiger partial charge on any atom is -0.474 e. The van der Waals surface area contributed by atoms with Gasteiger partial charge < -0.3 is 19.3 Å². The molecule has 4 atom stereocenters. The van der Waals surface area contributed by atoms with Gasteiger partial charge in [-0.25, -0.2) is 18.7 Å². The summed E-state index contributed by atoms with van der Waals surface area (Å²) in [6.45, 7) is -0.438. The van der Waals surface area contributed by atoms with Crippen LogP contribution in [0.25, 0.3) is 0 Å². The minimum absolute atomic E-state index is 0.0278. The van der Waals surface area contributed by atoms with E-state index in [0.717, 1.165) is 6.07 Å². The Morgan fingerprint density at radius 3 is 2.57 bits per heavy atom. The Morgan fingerprint density at radius 2 is 1.91 bits per heavy atom. The average molecular weight is 522 g/mol. The highest BCUT2D eigenvalue weighted by Crippen LogP contribution is 2.41. The molecule has 0 radical (unpaired) electrons. The topological polar surface area (TPSA) is 110 Å². The van der Waals surface area contributed by atoms with E-state index in [-0.39, 0.29) is 56.1 Å². The van der Waals surface area contributed by atoms with Crippen molar-refractivity contribution in [1.29, 1.82) is 0 Å². The Hall–Kier alpha value is -1.96. The summed E-state index contributed by atoms with van der Waals surface area (Å²) in [5.74, 6) is -0.337. The SMILES string of the molecule is CS(=O)N[C@H]1CC(CO)N2C(=O)OCCOc3ccc(C(F)(F)F)c(n3)C3CCC(CC3)OCC12. The second kappa shape index (κ2) is 11.0. The lowest BCUT2D eigenvalue weighted by Crippen LogP contribution is -2.50. The van der Waals surface area contributed by atoms with Gasteiger partial charge in [0.25, 0.3) is 0 Å². The smallest absolute Gasteiger partial charge is 0.418 e. The molecule has 4 bridgehead atoms. The fraction of sp³-hybridized carbons (Fsp3) is 0.727. The maximum absolute atomic E-state index is 13.6. The van der Waals surface area contributed by atoms with Crippen LogP contribution in [0.2, 0.25) is 0 Å². The monoisotopic (exact) mass is 521 g/mol. The molecule has 1 aromatic heterocycles. The van der Waals surface area contributed by atoms with Crippen LogP contribution in [-0.4, -0.2) is 82.2 Å². The van der Waals surface area contributed by atoms with Gasteiger partial charge in [0.15, 0.2) is 0 Å². The molecule has 196 valence electrons. The highest BCUT2D eigenvalue weighted by molar-refractivity contribution is 7.82. The van der Waals surface area contributed by atoms with Gasteiger partial charge in [-0.2, -0.15) is 13.2 Å². The summed E-state index contributed by atoms with van der Waals surface area (Å²) >= 11 is 0. The van der Waals surface area contributed by atoms with Gasteiger partial charge in [-0.3, -0.25) is 4.90 Å². The predicted octanol–water partition coefficient (Wildman–Crippen LogP) is 2.36. The molecule has 35 heavy (non-hydrogen) atoms. The van der Waals surface area contributed by atoms with Crippen molar-refractivity contribution in [1.82, 2.24) is 14.6 Å². The molecule has 4 heterocycles. The lowest BCUT2D eigenvalue weighted by molar-refractivity contribution is -0.138. The van der Waals surface area contributed by atoms with E-state index >= 15 is 0 Å². The Labute approximate surface area is 203 Å². The first kappa shape index (κ1) is 26.1. The first-order valence-corrected chi connectivity index (χ1v) is 13.2. The molecular weight excluding hydrogens is 491 g/mol. The van der Waals surface area contributed by atoms with E-state index in [0.29, 0.717) is 32.1 Å². The number of halogens is 3. The van der Waals surface area contributed by atoms with Crippen LogP contribution < -0.4 is 9.46 Å². The Balaban J connectivity index is 1.58. The molecule has 2 N–H and O–H groups in total. The third-order valence-corrected chi connectivity index (χ3v) is 7.44. The first-order chi connectivity index (χ1) is 16.7. The number of rotatable bonds is 3. The van der Waals surface area contributed by atoms with E-state index in [1.807, 2.05) is 0 Å². The number of nitrogens with one attached hydrogen (secondary N) is 1. The molecule has 5 rings (SSSR count). The molecule has 13 heteroatoms. The second-order valence-electron chi connectivity index (χ2n) is 9.08. The van der Waals surface area contributed by atoms with Crippen LogP contribution in [0.5, 0.6) is 5.88 Å². The molecular formula is C22H30F3N3O6S. The van der Waals surface area contributed by atoms with Gasteiger partial charge in [0.2, 0.25) is 5.88 Å². The van der Waals surface area contributed by atoms with Crippen LogP contribution in [0.3, 0.4) is 0 Å². The predicted molar refractivity (Wildman–Crippen MR) is 119 cm³/mol. The Kier molecular flexibility index (Phi) is 8.19. The van der Waals surface area contributed by atoms with Crippen molar-refractivity contribution in [2.45, 2.75) is 68.4 Å². The van der Waals surface area contributed by atoms with E-state index in [9.17, 15) is 27.3 Å². The van der Waals surface area contributed by atoms with Crippen LogP contribution in [-0.2, 0) is 26.6 Å². The summed E-state index contributed by atoms with van der Waals surface area (Å²) in [6, 6.07) is 0.718. The molecule has 0 aromatic carbocycles. The van der Waals surface area contributed by atoms with Gasteiger partial charge in [-0.1, -0.05) is 0 Å². The maximum Gasteiger partial charge on any atom is 0.418 e. The van der Waals surface area contributed by atoms with Gasteiger partial charge >= 0.3 is 12.3 Å². The van der Waals surface area contributed by atoms with Crippen LogP contribution >= 0.6 is 0 Å². The zero-order valence-electron chi connectivity index (χ0n) is 19.3. The van der Waals surface area contributed by atoms with Crippen molar-refractivity contribution >= 4 is 17.1 Å². The van der Waals surface area contributed by atoms with E-state index in [1.165, 1.54) is 17.2 Å². The van der Waals surface area contributed by atoms with Crippen molar-refractivity contribution < 1.29 is 41.5 Å². The number of ether oxygens (including phenoxy) is 3. The number of aliphatic hydroxyl groups is 1. The average Bonchev–Trinajstić information content (AvgIpc) is 3.16. The van der Waals surface area contributed by atoms with Crippen LogP contribution in [0.4, 0.5) is 18.0 Å². The van der Waals surface area contributed by atoms with E-state index in [4.69, 9.17) is 14.2 Å². The van der Waals surface area contributed by atoms with Gasteiger partial charge in [-0.05, 0) is 38.2 Å². The number of carbonyl (C=O) groups is 1. The fourth-order valence-electron chi connectivity index (χ4n) is 5.19. The van der Waals surface area contributed by atoms with Gasteiger partial charge in [-0.15, -0.1) is 0 Å². The first-order valence-electron chi connectivity index (χ1n) is 11.7. The number of hydrogen-bond acceptors (Lipinski definition) is 7. The minimum atomic E-state index is -4.53. The number of amides is 1. The third kappa shape index (κ3) is 6.07. The zero-order chi connectivity index (χ0) is 25.2. The summed E-state index contributed by atoms with van der Waals surface area (Å²) in [5.41, 5.74) is -0.792. The molecule has 0 spiro atoms. The van der Waals surface area contributed by atoms with Crippen molar-refractivity contribution in [3.8, 4) is 5.88 Å². The molecule has 1 aromatic rings. The Bertz CT molecular complexity index is 928. The maximum atomic E-state index is 13.6. The summed E-state index contributed by atoms with van der Waals surface area (Å²) in [5, 5.41) is 9.87. The number of hydrogen-bond donors (Lipinski definition) is 2. The number of fused-ring (bicyclic) bond motifs is 7. The van der Waals surface area contributed by atoms with Crippen LogP contribution in [0.1, 0.15) is 49.3 Å². The van der Waals surface area contributed by atoms with Crippen molar-refractivity contribution in [3.05, 3.63) is 23.4 Å². The van der Waals surface area contributed by atoms with E-state index in [1.54, 1.807) is 0 Å².